The quantitative estimate of drug-likeness (QED) is 0.825. The Morgan fingerprint density at radius 2 is 1.96 bits per heavy atom. The van der Waals surface area contributed by atoms with E-state index in [0.717, 1.165) is 12.5 Å². The largest absolute Gasteiger partial charge is 0.463 e. The second kappa shape index (κ2) is 7.23. The van der Waals surface area contributed by atoms with Gasteiger partial charge in [0.15, 0.2) is 0 Å². The average Bonchev–Trinajstić information content (AvgIpc) is 2.92. The van der Waals surface area contributed by atoms with Crippen molar-refractivity contribution in [2.24, 2.45) is 0 Å². The number of hydrogen-bond donors (Lipinski definition) is 1. The van der Waals surface area contributed by atoms with E-state index < -0.39 is 23.6 Å². The lowest BCUT2D eigenvalue weighted by Gasteiger charge is -2.29. The normalized spacial score (nSPS) is 16.3. The summed E-state index contributed by atoms with van der Waals surface area (Å²) in [6.45, 7) is 5.57. The van der Waals surface area contributed by atoms with Gasteiger partial charge < -0.3 is 10.1 Å². The number of allylic oxidation sites excluding steroid dienone is 1. The van der Waals surface area contributed by atoms with Crippen molar-refractivity contribution < 1.29 is 18.3 Å². The van der Waals surface area contributed by atoms with Gasteiger partial charge in [-0.1, -0.05) is 13.3 Å². The van der Waals surface area contributed by atoms with Crippen LogP contribution in [0.3, 0.4) is 0 Å². The number of nitrogens with zero attached hydrogens (tertiary/aromatic N) is 3. The van der Waals surface area contributed by atoms with Crippen molar-refractivity contribution in [3.8, 4) is 0 Å². The Labute approximate surface area is 149 Å². The molecule has 2 aromatic rings. The van der Waals surface area contributed by atoms with Crippen LogP contribution in [0, 0.1) is 18.6 Å². The molecule has 138 valence electrons. The van der Waals surface area contributed by atoms with Gasteiger partial charge in [-0.05, 0) is 38.0 Å². The Morgan fingerprint density at radius 1 is 1.27 bits per heavy atom. The molecule has 1 aliphatic rings. The number of aryl methyl sites for hydroxylation is 1. The van der Waals surface area contributed by atoms with Crippen LogP contribution in [0.25, 0.3) is 0 Å². The molecular weight excluding hydrogens is 342 g/mol. The minimum atomic E-state index is -0.821. The van der Waals surface area contributed by atoms with Gasteiger partial charge >= 0.3 is 5.97 Å². The van der Waals surface area contributed by atoms with E-state index in [-0.39, 0.29) is 17.7 Å². The van der Waals surface area contributed by atoms with Crippen LogP contribution >= 0.6 is 0 Å². The number of carbonyl (C=O) groups is 1. The smallest absolute Gasteiger partial charge is 0.338 e. The van der Waals surface area contributed by atoms with E-state index in [0.29, 0.717) is 23.9 Å². The van der Waals surface area contributed by atoms with E-state index in [2.05, 4.69) is 15.4 Å². The van der Waals surface area contributed by atoms with Gasteiger partial charge in [0.05, 0.1) is 12.2 Å². The molecule has 1 atom stereocenters. The lowest BCUT2D eigenvalue weighted by atomic mass is 9.94. The molecule has 0 radical (unpaired) electrons. The number of benzene rings is 1. The Bertz CT molecular complexity index is 856. The molecule has 0 saturated heterocycles. The highest BCUT2D eigenvalue weighted by molar-refractivity contribution is 5.92. The summed E-state index contributed by atoms with van der Waals surface area (Å²) >= 11 is 0. The summed E-state index contributed by atoms with van der Waals surface area (Å²) in [4.78, 5) is 17.0. The number of ether oxygens (including phenoxy) is 1. The van der Waals surface area contributed by atoms with Gasteiger partial charge in [0.25, 0.3) is 0 Å². The van der Waals surface area contributed by atoms with Crippen molar-refractivity contribution in [2.75, 3.05) is 11.9 Å². The van der Waals surface area contributed by atoms with Gasteiger partial charge in [-0.2, -0.15) is 10.1 Å². The lowest BCUT2D eigenvalue weighted by Crippen LogP contribution is -2.30. The summed E-state index contributed by atoms with van der Waals surface area (Å²) < 4.78 is 34.4. The van der Waals surface area contributed by atoms with Gasteiger partial charge in [0.2, 0.25) is 5.95 Å². The number of nitrogens with one attached hydrogen (secondary N) is 1. The molecule has 2 heterocycles. The van der Waals surface area contributed by atoms with E-state index in [1.165, 1.54) is 16.8 Å². The van der Waals surface area contributed by atoms with Gasteiger partial charge in [-0.25, -0.2) is 18.3 Å². The Kier molecular flexibility index (Phi) is 5.01. The average molecular weight is 362 g/mol. The number of hydrogen-bond acceptors (Lipinski definition) is 5. The molecule has 1 aliphatic heterocycles. The topological polar surface area (TPSA) is 69.0 Å². The van der Waals surface area contributed by atoms with E-state index in [4.69, 9.17) is 4.74 Å². The monoisotopic (exact) mass is 362 g/mol. The zero-order valence-corrected chi connectivity index (χ0v) is 14.8. The van der Waals surface area contributed by atoms with Crippen LogP contribution < -0.4 is 5.32 Å². The molecule has 0 fully saturated rings. The predicted molar refractivity (Wildman–Crippen MR) is 91.4 cm³/mol. The number of aromatic nitrogens is 3. The maximum atomic E-state index is 13.9. The minimum absolute atomic E-state index is 0.190. The number of fused-ring (bicyclic) bond motifs is 1. The Balaban J connectivity index is 2.23. The molecule has 0 spiro atoms. The summed E-state index contributed by atoms with van der Waals surface area (Å²) in [5.74, 6) is -1.09. The van der Waals surface area contributed by atoms with Crippen molar-refractivity contribution in [1.82, 2.24) is 14.8 Å². The van der Waals surface area contributed by atoms with Crippen molar-refractivity contribution in [2.45, 2.75) is 39.7 Å². The second-order valence-corrected chi connectivity index (χ2v) is 6.02. The van der Waals surface area contributed by atoms with Gasteiger partial charge in [-0.3, -0.25) is 0 Å². The van der Waals surface area contributed by atoms with Gasteiger partial charge in [0.1, 0.15) is 23.5 Å². The highest BCUT2D eigenvalue weighted by Crippen LogP contribution is 2.37. The first-order valence-electron chi connectivity index (χ1n) is 8.50. The molecule has 26 heavy (non-hydrogen) atoms. The Hall–Kier alpha value is -2.77. The predicted octanol–water partition coefficient (Wildman–Crippen LogP) is 3.50. The zero-order chi connectivity index (χ0) is 18.8. The molecular formula is C18H20F2N4O2. The summed E-state index contributed by atoms with van der Waals surface area (Å²) in [5, 5.41) is 7.43. The molecule has 1 aromatic heterocycles. The number of rotatable bonds is 5. The molecule has 8 heteroatoms. The summed E-state index contributed by atoms with van der Waals surface area (Å²) in [6.07, 6.45) is 1.33. The van der Waals surface area contributed by atoms with Gasteiger partial charge in [-0.15, -0.1) is 0 Å². The molecule has 0 unspecified atom stereocenters. The van der Waals surface area contributed by atoms with Crippen LogP contribution in [-0.4, -0.2) is 27.3 Å². The summed E-state index contributed by atoms with van der Waals surface area (Å²) in [5.41, 5.74) is 1.18. The third kappa shape index (κ3) is 3.31. The van der Waals surface area contributed by atoms with Crippen molar-refractivity contribution in [1.29, 1.82) is 0 Å². The van der Waals surface area contributed by atoms with Crippen molar-refractivity contribution >= 4 is 11.9 Å². The maximum Gasteiger partial charge on any atom is 0.338 e. The molecule has 0 aliphatic carbocycles. The van der Waals surface area contributed by atoms with Crippen molar-refractivity contribution in [3.63, 3.8) is 0 Å². The fourth-order valence-corrected chi connectivity index (χ4v) is 3.12. The third-order valence-electron chi connectivity index (χ3n) is 4.04. The fraction of sp³-hybridized carbons (Fsp3) is 0.389. The summed E-state index contributed by atoms with van der Waals surface area (Å²) in [7, 11) is 0. The molecule has 1 N–H and O–H groups in total. The number of halogens is 2. The zero-order valence-electron chi connectivity index (χ0n) is 14.8. The van der Waals surface area contributed by atoms with E-state index in [1.807, 2.05) is 6.92 Å². The van der Waals surface area contributed by atoms with Crippen LogP contribution in [0.2, 0.25) is 0 Å². The van der Waals surface area contributed by atoms with E-state index in [9.17, 15) is 13.6 Å². The van der Waals surface area contributed by atoms with E-state index in [1.54, 1.807) is 13.8 Å². The minimum Gasteiger partial charge on any atom is -0.463 e. The number of carbonyl (C=O) groups excluding carboxylic acids is 1. The van der Waals surface area contributed by atoms with E-state index >= 15 is 0 Å². The molecule has 1 aromatic carbocycles. The molecule has 0 amide bonds. The number of anilines is 1. The molecule has 0 saturated carbocycles. The van der Waals surface area contributed by atoms with Crippen LogP contribution in [0.4, 0.5) is 14.7 Å². The van der Waals surface area contributed by atoms with Crippen LogP contribution in [0.5, 0.6) is 0 Å². The third-order valence-corrected chi connectivity index (χ3v) is 4.04. The first-order valence-corrected chi connectivity index (χ1v) is 8.50. The van der Waals surface area contributed by atoms with Gasteiger partial charge in [0, 0.05) is 11.8 Å². The highest BCUT2D eigenvalue weighted by Gasteiger charge is 2.36. The molecule has 3 rings (SSSR count). The first kappa shape index (κ1) is 18.0. The lowest BCUT2D eigenvalue weighted by molar-refractivity contribution is -0.139. The molecule has 0 bridgehead atoms. The van der Waals surface area contributed by atoms with Crippen LogP contribution in [0.1, 0.15) is 44.1 Å². The maximum absolute atomic E-state index is 13.9. The van der Waals surface area contributed by atoms with Crippen LogP contribution in [0.15, 0.2) is 29.5 Å². The fourth-order valence-electron chi connectivity index (χ4n) is 3.12. The SMILES string of the molecule is CCCC1=C(C(=O)OCC)[C@@H](c2cc(F)cc(F)c2)n2nc(C)nc2N1. The number of esters is 1. The Morgan fingerprint density at radius 3 is 2.58 bits per heavy atom. The summed E-state index contributed by atoms with van der Waals surface area (Å²) in [6, 6.07) is 2.36. The molecule has 6 nitrogen and oxygen atoms in total. The highest BCUT2D eigenvalue weighted by atomic mass is 19.1. The van der Waals surface area contributed by atoms with Crippen LogP contribution in [-0.2, 0) is 9.53 Å². The second-order valence-electron chi connectivity index (χ2n) is 6.02. The standard InChI is InChI=1S/C18H20F2N4O2/c1-4-6-14-15(17(25)26-5-2)16(11-7-12(19)9-13(20)8-11)24-18(22-14)21-10(3)23-24/h7-9,16H,4-6H2,1-3H3,(H,21,22,23)/t16-/m1/s1. The first-order chi connectivity index (χ1) is 12.4. The van der Waals surface area contributed by atoms with Crippen molar-refractivity contribution in [3.05, 3.63) is 52.5 Å².